The number of hydrogen-bond donors (Lipinski definition) is 1. The Bertz CT molecular complexity index is 1080. The molecule has 162 valence electrons. The van der Waals surface area contributed by atoms with E-state index in [2.05, 4.69) is 64.9 Å². The first-order valence-corrected chi connectivity index (χ1v) is 11.9. The summed E-state index contributed by atoms with van der Waals surface area (Å²) in [6, 6.07) is 20.9. The van der Waals surface area contributed by atoms with E-state index >= 15 is 0 Å². The predicted molar refractivity (Wildman–Crippen MR) is 132 cm³/mol. The van der Waals surface area contributed by atoms with E-state index in [4.69, 9.17) is 0 Å². The summed E-state index contributed by atoms with van der Waals surface area (Å²) >= 11 is 0. The largest absolute Gasteiger partial charge is 0.376 e. The van der Waals surface area contributed by atoms with Gasteiger partial charge in [-0.1, -0.05) is 42.0 Å². The summed E-state index contributed by atoms with van der Waals surface area (Å²) in [4.78, 5) is 5.24. The average molecular weight is 434 g/mol. The monoisotopic (exact) mass is 433 g/mol. The number of nitrogens with one attached hydrogen (secondary N) is 1. The van der Waals surface area contributed by atoms with Gasteiger partial charge in [0.2, 0.25) is 0 Å². The number of nitrogens with zero attached hydrogens (tertiary/aromatic N) is 2. The number of rotatable bonds is 5. The normalized spacial score (nSPS) is 15.1. The smallest absolute Gasteiger partial charge is 0.150 e. The van der Waals surface area contributed by atoms with Crippen LogP contribution in [0.25, 0.3) is 11.1 Å². The molecular formula is C26H31N3OS. The van der Waals surface area contributed by atoms with Gasteiger partial charge in [-0.15, -0.1) is 0 Å². The summed E-state index contributed by atoms with van der Waals surface area (Å²) in [6.07, 6.45) is 2.07. The van der Waals surface area contributed by atoms with E-state index in [-0.39, 0.29) is 0 Å². The second-order valence-corrected chi connectivity index (χ2v) is 9.81. The number of hydrogen-bond acceptors (Lipinski definition) is 3. The number of benzene rings is 3. The van der Waals surface area contributed by atoms with Crippen molar-refractivity contribution < 1.29 is 4.21 Å². The van der Waals surface area contributed by atoms with Crippen molar-refractivity contribution in [2.75, 3.05) is 43.9 Å². The molecule has 4 rings (SSSR count). The SMILES string of the molecule is Cc1ccc(-c2ccc(S(=O)Nc3cc4c(cc3N(C)C)CCN(C)CC4)cc2)cc1. The zero-order chi connectivity index (χ0) is 22.0. The third-order valence-corrected chi connectivity index (χ3v) is 7.09. The predicted octanol–water partition coefficient (Wildman–Crippen LogP) is 4.89. The summed E-state index contributed by atoms with van der Waals surface area (Å²) in [7, 11) is 4.92. The molecule has 5 heteroatoms. The van der Waals surface area contributed by atoms with Crippen LogP contribution in [-0.2, 0) is 23.8 Å². The molecule has 3 aromatic rings. The summed E-state index contributed by atoms with van der Waals surface area (Å²) in [5.74, 6) is 0. The van der Waals surface area contributed by atoms with Crippen molar-refractivity contribution in [3.05, 3.63) is 77.4 Å². The third-order valence-electron chi connectivity index (χ3n) is 5.98. The van der Waals surface area contributed by atoms with Crippen LogP contribution < -0.4 is 9.62 Å². The summed E-state index contributed by atoms with van der Waals surface area (Å²) in [5, 5.41) is 0. The molecule has 0 radical (unpaired) electrons. The lowest BCUT2D eigenvalue weighted by Gasteiger charge is -2.21. The molecule has 0 fully saturated rings. The molecule has 1 aliphatic rings. The highest BCUT2D eigenvalue weighted by atomic mass is 32.2. The van der Waals surface area contributed by atoms with Crippen molar-refractivity contribution in [2.45, 2.75) is 24.7 Å². The Kier molecular flexibility index (Phi) is 6.44. The van der Waals surface area contributed by atoms with Gasteiger partial charge in [-0.05, 0) is 73.3 Å². The van der Waals surface area contributed by atoms with E-state index in [0.29, 0.717) is 0 Å². The fourth-order valence-corrected chi connectivity index (χ4v) is 4.87. The Labute approximate surface area is 188 Å². The lowest BCUT2D eigenvalue weighted by molar-refractivity contribution is 0.352. The van der Waals surface area contributed by atoms with Crippen LogP contribution in [0, 0.1) is 6.92 Å². The van der Waals surface area contributed by atoms with Crippen molar-refractivity contribution in [2.24, 2.45) is 0 Å². The highest BCUT2D eigenvalue weighted by Gasteiger charge is 2.17. The average Bonchev–Trinajstić information content (AvgIpc) is 2.95. The van der Waals surface area contributed by atoms with E-state index in [9.17, 15) is 4.21 Å². The number of likely N-dealkylation sites (N-methyl/N-ethyl adjacent to an activating group) is 1. The van der Waals surface area contributed by atoms with E-state index in [1.54, 1.807) is 0 Å². The number of aryl methyl sites for hydroxylation is 1. The fraction of sp³-hybridized carbons (Fsp3) is 0.308. The molecule has 0 saturated heterocycles. The summed E-state index contributed by atoms with van der Waals surface area (Å²) in [6.45, 7) is 4.22. The Hall–Kier alpha value is -2.63. The minimum Gasteiger partial charge on any atom is -0.376 e. The molecule has 0 aliphatic carbocycles. The van der Waals surface area contributed by atoms with Gasteiger partial charge in [-0.2, -0.15) is 0 Å². The Morgan fingerprint density at radius 1 is 0.871 bits per heavy atom. The van der Waals surface area contributed by atoms with Gasteiger partial charge in [0.15, 0.2) is 0 Å². The molecule has 0 saturated carbocycles. The number of fused-ring (bicyclic) bond motifs is 1. The quantitative estimate of drug-likeness (QED) is 0.622. The first-order valence-electron chi connectivity index (χ1n) is 10.8. The van der Waals surface area contributed by atoms with E-state index in [0.717, 1.165) is 47.8 Å². The second-order valence-electron chi connectivity index (χ2n) is 8.60. The van der Waals surface area contributed by atoms with Crippen LogP contribution in [-0.4, -0.2) is 43.3 Å². The molecule has 0 spiro atoms. The van der Waals surface area contributed by atoms with Crippen LogP contribution in [0.2, 0.25) is 0 Å². The molecular weight excluding hydrogens is 402 g/mol. The van der Waals surface area contributed by atoms with Crippen LogP contribution in [0.1, 0.15) is 16.7 Å². The zero-order valence-corrected chi connectivity index (χ0v) is 19.6. The van der Waals surface area contributed by atoms with Crippen LogP contribution in [0.3, 0.4) is 0 Å². The second kappa shape index (κ2) is 9.25. The van der Waals surface area contributed by atoms with Gasteiger partial charge < -0.3 is 9.80 Å². The van der Waals surface area contributed by atoms with Crippen molar-refractivity contribution >= 4 is 22.4 Å². The Morgan fingerprint density at radius 3 is 2.00 bits per heavy atom. The Morgan fingerprint density at radius 2 is 1.42 bits per heavy atom. The standard InChI is InChI=1S/C26H31N3OS/c1-19-5-7-20(8-6-19)21-9-11-24(12-10-21)31(30)27-25-17-22-13-15-29(4)16-14-23(22)18-26(25)28(2)3/h5-12,17-18,27H,13-16H2,1-4H3. The highest BCUT2D eigenvalue weighted by molar-refractivity contribution is 7.86. The van der Waals surface area contributed by atoms with Crippen LogP contribution >= 0.6 is 0 Å². The lowest BCUT2D eigenvalue weighted by Crippen LogP contribution is -2.20. The van der Waals surface area contributed by atoms with Crippen molar-refractivity contribution in [1.82, 2.24) is 4.90 Å². The van der Waals surface area contributed by atoms with Gasteiger partial charge in [-0.25, -0.2) is 4.21 Å². The maximum atomic E-state index is 13.1. The van der Waals surface area contributed by atoms with Gasteiger partial charge >= 0.3 is 0 Å². The molecule has 1 unspecified atom stereocenters. The maximum Gasteiger partial charge on any atom is 0.150 e. The Balaban J connectivity index is 1.57. The minimum atomic E-state index is -1.33. The van der Waals surface area contributed by atoms with Gasteiger partial charge in [-0.3, -0.25) is 4.72 Å². The van der Waals surface area contributed by atoms with Gasteiger partial charge in [0, 0.05) is 27.2 Å². The topological polar surface area (TPSA) is 35.6 Å². The summed E-state index contributed by atoms with van der Waals surface area (Å²) < 4.78 is 16.4. The van der Waals surface area contributed by atoms with E-state index in [1.165, 1.54) is 22.3 Å². The first kappa shape index (κ1) is 21.6. The molecule has 1 aliphatic heterocycles. The van der Waals surface area contributed by atoms with Gasteiger partial charge in [0.1, 0.15) is 11.0 Å². The van der Waals surface area contributed by atoms with Gasteiger partial charge in [0.25, 0.3) is 0 Å². The minimum absolute atomic E-state index is 0.773. The van der Waals surface area contributed by atoms with Crippen LogP contribution in [0.4, 0.5) is 11.4 Å². The number of anilines is 2. The highest BCUT2D eigenvalue weighted by Crippen LogP contribution is 2.32. The van der Waals surface area contributed by atoms with Crippen molar-refractivity contribution in [3.8, 4) is 11.1 Å². The lowest BCUT2D eigenvalue weighted by atomic mass is 10.0. The van der Waals surface area contributed by atoms with E-state index in [1.807, 2.05) is 38.4 Å². The molecule has 1 heterocycles. The third kappa shape index (κ3) is 5.00. The molecule has 3 aromatic carbocycles. The maximum absolute atomic E-state index is 13.1. The first-order chi connectivity index (χ1) is 14.9. The van der Waals surface area contributed by atoms with Gasteiger partial charge in [0.05, 0.1) is 16.3 Å². The fourth-order valence-electron chi connectivity index (χ4n) is 4.00. The molecule has 0 bridgehead atoms. The van der Waals surface area contributed by atoms with Crippen LogP contribution in [0.5, 0.6) is 0 Å². The summed E-state index contributed by atoms with van der Waals surface area (Å²) in [5.41, 5.74) is 8.29. The molecule has 1 N–H and O–H groups in total. The molecule has 31 heavy (non-hydrogen) atoms. The molecule has 0 amide bonds. The molecule has 1 atom stereocenters. The van der Waals surface area contributed by atoms with Crippen molar-refractivity contribution in [1.29, 1.82) is 0 Å². The zero-order valence-electron chi connectivity index (χ0n) is 18.8. The van der Waals surface area contributed by atoms with Crippen LogP contribution in [0.15, 0.2) is 65.6 Å². The van der Waals surface area contributed by atoms with E-state index < -0.39 is 11.0 Å². The molecule has 0 aromatic heterocycles. The van der Waals surface area contributed by atoms with Crippen molar-refractivity contribution in [3.63, 3.8) is 0 Å². The molecule has 4 nitrogen and oxygen atoms in total.